The molecule has 3 aromatic rings. The van der Waals surface area contributed by atoms with Crippen molar-refractivity contribution in [3.8, 4) is 5.75 Å². The van der Waals surface area contributed by atoms with E-state index in [0.29, 0.717) is 35.1 Å². The average Bonchev–Trinajstić information content (AvgIpc) is 3.07. The van der Waals surface area contributed by atoms with Crippen molar-refractivity contribution in [1.29, 1.82) is 0 Å². The van der Waals surface area contributed by atoms with Gasteiger partial charge in [0.1, 0.15) is 11.4 Å². The van der Waals surface area contributed by atoms with Crippen LogP contribution in [0.3, 0.4) is 0 Å². The summed E-state index contributed by atoms with van der Waals surface area (Å²) in [5.74, 6) is 0.366. The smallest absolute Gasteiger partial charge is 0.282 e. The Labute approximate surface area is 207 Å². The molecular weight excluding hydrogens is 436 g/mol. The summed E-state index contributed by atoms with van der Waals surface area (Å²) in [5, 5.41) is 3.24. The normalized spacial score (nSPS) is 14.2. The van der Waals surface area contributed by atoms with Gasteiger partial charge in [-0.3, -0.25) is 9.59 Å². The fourth-order valence-electron chi connectivity index (χ4n) is 3.91. The highest BCUT2D eigenvalue weighted by atomic mass is 16.5. The van der Waals surface area contributed by atoms with E-state index in [1.807, 2.05) is 54.6 Å². The van der Waals surface area contributed by atoms with Crippen LogP contribution in [0.5, 0.6) is 5.75 Å². The number of hydrogen-bond donors (Lipinski definition) is 1. The van der Waals surface area contributed by atoms with Gasteiger partial charge < -0.3 is 10.1 Å². The molecule has 0 aliphatic carbocycles. The molecule has 35 heavy (non-hydrogen) atoms. The van der Waals surface area contributed by atoms with Gasteiger partial charge in [0.15, 0.2) is 0 Å². The summed E-state index contributed by atoms with van der Waals surface area (Å²) in [6, 6.07) is 24.3. The van der Waals surface area contributed by atoms with Crippen LogP contribution >= 0.6 is 0 Å². The van der Waals surface area contributed by atoms with Gasteiger partial charge in [-0.15, -0.1) is 0 Å². The lowest BCUT2D eigenvalue weighted by Gasteiger charge is -2.19. The number of nitrogens with zero attached hydrogens (tertiary/aromatic N) is 1. The van der Waals surface area contributed by atoms with E-state index >= 15 is 0 Å². The summed E-state index contributed by atoms with van der Waals surface area (Å²) in [4.78, 5) is 28.4. The molecule has 1 N–H and O–H groups in total. The van der Waals surface area contributed by atoms with E-state index in [2.05, 4.69) is 39.9 Å². The molecule has 0 fully saturated rings. The average molecular weight is 469 g/mol. The Hall–Kier alpha value is -3.86. The summed E-state index contributed by atoms with van der Waals surface area (Å²) >= 11 is 0. The minimum Gasteiger partial charge on any atom is -0.493 e. The number of ether oxygens (including phenoxy) is 1. The van der Waals surface area contributed by atoms with Crippen LogP contribution in [-0.4, -0.2) is 18.4 Å². The molecular formula is C30H32N2O3. The SMILES string of the molecule is CC(C)COc1ccc(N2C(=O)C(Nc3ccc(C(C)(C)C)cc3)=C(c3ccccc3)C2=O)cc1. The molecule has 0 spiro atoms. The summed E-state index contributed by atoms with van der Waals surface area (Å²) in [6.07, 6.45) is 0. The third-order valence-corrected chi connectivity index (χ3v) is 5.84. The van der Waals surface area contributed by atoms with Crippen LogP contribution in [0, 0.1) is 5.92 Å². The zero-order valence-electron chi connectivity index (χ0n) is 21.0. The minimum atomic E-state index is -0.385. The van der Waals surface area contributed by atoms with Gasteiger partial charge in [-0.1, -0.05) is 77.1 Å². The van der Waals surface area contributed by atoms with Gasteiger partial charge in [0.05, 0.1) is 17.9 Å². The molecule has 1 aliphatic heterocycles. The van der Waals surface area contributed by atoms with Crippen LogP contribution in [0.2, 0.25) is 0 Å². The zero-order valence-corrected chi connectivity index (χ0v) is 21.0. The second kappa shape index (κ2) is 9.79. The maximum absolute atomic E-state index is 13.6. The molecule has 0 aromatic heterocycles. The maximum atomic E-state index is 13.6. The highest BCUT2D eigenvalue weighted by Gasteiger charge is 2.40. The molecule has 5 heteroatoms. The van der Waals surface area contributed by atoms with Crippen molar-refractivity contribution < 1.29 is 14.3 Å². The summed E-state index contributed by atoms with van der Waals surface area (Å²) in [6.45, 7) is 11.2. The van der Waals surface area contributed by atoms with Crippen LogP contribution in [0.1, 0.15) is 45.7 Å². The van der Waals surface area contributed by atoms with Crippen LogP contribution in [0.25, 0.3) is 5.57 Å². The van der Waals surface area contributed by atoms with Gasteiger partial charge in [-0.25, -0.2) is 4.90 Å². The van der Waals surface area contributed by atoms with Gasteiger partial charge in [-0.2, -0.15) is 0 Å². The molecule has 2 amide bonds. The number of amides is 2. The number of nitrogens with one attached hydrogen (secondary N) is 1. The predicted molar refractivity (Wildman–Crippen MR) is 141 cm³/mol. The number of carbonyl (C=O) groups excluding carboxylic acids is 2. The summed E-state index contributed by atoms with van der Waals surface area (Å²) in [5.41, 5.74) is 3.79. The van der Waals surface area contributed by atoms with E-state index in [4.69, 9.17) is 4.74 Å². The quantitative estimate of drug-likeness (QED) is 0.407. The van der Waals surface area contributed by atoms with E-state index in [9.17, 15) is 9.59 Å². The molecule has 0 radical (unpaired) electrons. The van der Waals surface area contributed by atoms with Crippen LogP contribution in [0.15, 0.2) is 84.6 Å². The van der Waals surface area contributed by atoms with Gasteiger partial charge in [0.25, 0.3) is 11.8 Å². The first-order valence-electron chi connectivity index (χ1n) is 11.9. The summed E-state index contributed by atoms with van der Waals surface area (Å²) < 4.78 is 5.75. The molecule has 4 rings (SSSR count). The lowest BCUT2D eigenvalue weighted by Crippen LogP contribution is -2.32. The lowest BCUT2D eigenvalue weighted by molar-refractivity contribution is -0.120. The minimum absolute atomic E-state index is 0.0218. The highest BCUT2D eigenvalue weighted by Crippen LogP contribution is 2.34. The van der Waals surface area contributed by atoms with Crippen molar-refractivity contribution in [3.63, 3.8) is 0 Å². The molecule has 180 valence electrons. The monoisotopic (exact) mass is 468 g/mol. The number of anilines is 2. The Morgan fingerprint density at radius 1 is 0.829 bits per heavy atom. The Balaban J connectivity index is 1.67. The van der Waals surface area contributed by atoms with Gasteiger partial charge >= 0.3 is 0 Å². The molecule has 0 bridgehead atoms. The number of rotatable bonds is 7. The fraction of sp³-hybridized carbons (Fsp3) is 0.267. The Kier molecular flexibility index (Phi) is 6.79. The largest absolute Gasteiger partial charge is 0.493 e. The number of imide groups is 1. The molecule has 1 aliphatic rings. The Bertz CT molecular complexity index is 1240. The van der Waals surface area contributed by atoms with E-state index in [0.717, 1.165) is 5.69 Å². The van der Waals surface area contributed by atoms with E-state index in [-0.39, 0.29) is 22.9 Å². The number of benzene rings is 3. The first kappa shape index (κ1) is 24.3. The first-order chi connectivity index (χ1) is 16.6. The maximum Gasteiger partial charge on any atom is 0.282 e. The van der Waals surface area contributed by atoms with E-state index in [1.54, 1.807) is 24.3 Å². The highest BCUT2D eigenvalue weighted by molar-refractivity contribution is 6.46. The second-order valence-electron chi connectivity index (χ2n) is 10.2. The topological polar surface area (TPSA) is 58.6 Å². The van der Waals surface area contributed by atoms with Crippen LogP contribution < -0.4 is 15.0 Å². The molecule has 0 saturated carbocycles. The Morgan fingerprint density at radius 2 is 1.46 bits per heavy atom. The fourth-order valence-corrected chi connectivity index (χ4v) is 3.91. The van der Waals surface area contributed by atoms with Crippen molar-refractivity contribution in [1.82, 2.24) is 0 Å². The van der Waals surface area contributed by atoms with Gasteiger partial charge in [0.2, 0.25) is 0 Å². The molecule has 1 heterocycles. The number of carbonyl (C=O) groups is 2. The zero-order chi connectivity index (χ0) is 25.2. The van der Waals surface area contributed by atoms with Crippen LogP contribution in [0.4, 0.5) is 11.4 Å². The Morgan fingerprint density at radius 3 is 2.03 bits per heavy atom. The van der Waals surface area contributed by atoms with Crippen LogP contribution in [-0.2, 0) is 15.0 Å². The van der Waals surface area contributed by atoms with Crippen molar-refractivity contribution >= 4 is 28.8 Å². The molecule has 3 aromatic carbocycles. The lowest BCUT2D eigenvalue weighted by atomic mass is 9.87. The molecule has 0 unspecified atom stereocenters. The summed E-state index contributed by atoms with van der Waals surface area (Å²) in [7, 11) is 0. The van der Waals surface area contributed by atoms with Crippen molar-refractivity contribution in [2.24, 2.45) is 5.92 Å². The predicted octanol–water partition coefficient (Wildman–Crippen LogP) is 6.42. The van der Waals surface area contributed by atoms with E-state index in [1.165, 1.54) is 10.5 Å². The van der Waals surface area contributed by atoms with Crippen molar-refractivity contribution in [2.75, 3.05) is 16.8 Å². The first-order valence-corrected chi connectivity index (χ1v) is 11.9. The molecule has 0 atom stereocenters. The van der Waals surface area contributed by atoms with Gasteiger partial charge in [0, 0.05) is 5.69 Å². The second-order valence-corrected chi connectivity index (χ2v) is 10.2. The van der Waals surface area contributed by atoms with E-state index < -0.39 is 0 Å². The number of hydrogen-bond acceptors (Lipinski definition) is 4. The van der Waals surface area contributed by atoms with Gasteiger partial charge in [-0.05, 0) is 58.9 Å². The standard InChI is InChI=1S/C30H32N2O3/c1-20(2)19-35-25-17-15-24(16-18-25)32-28(33)26(21-9-7-6-8-10-21)27(29(32)34)31-23-13-11-22(12-14-23)30(3,4)5/h6-18,20,31H,19H2,1-5H3. The molecule has 5 nitrogen and oxygen atoms in total. The van der Waals surface area contributed by atoms with Crippen molar-refractivity contribution in [3.05, 3.63) is 95.7 Å². The van der Waals surface area contributed by atoms with Crippen molar-refractivity contribution in [2.45, 2.75) is 40.0 Å². The third kappa shape index (κ3) is 5.29. The third-order valence-electron chi connectivity index (χ3n) is 5.84. The molecule has 0 saturated heterocycles.